The van der Waals surface area contributed by atoms with Crippen LogP contribution in [0.15, 0.2) is 24.3 Å². The molecule has 1 aliphatic rings. The summed E-state index contributed by atoms with van der Waals surface area (Å²) in [6, 6.07) is 4.57. The predicted octanol–water partition coefficient (Wildman–Crippen LogP) is 3.67. The normalized spacial score (nSPS) is 16.9. The second kappa shape index (κ2) is 7.08. The van der Waals surface area contributed by atoms with Crippen molar-refractivity contribution in [2.45, 2.75) is 37.6 Å². The molecule has 5 nitrogen and oxygen atoms in total. The van der Waals surface area contributed by atoms with Gasteiger partial charge in [-0.15, -0.1) is 13.2 Å². The van der Waals surface area contributed by atoms with Crippen LogP contribution < -0.4 is 15.4 Å². The lowest BCUT2D eigenvalue weighted by molar-refractivity contribution is -0.274. The van der Waals surface area contributed by atoms with Crippen molar-refractivity contribution in [3.63, 3.8) is 0 Å². The molecule has 1 fully saturated rings. The van der Waals surface area contributed by atoms with Crippen molar-refractivity contribution < 1.29 is 27.4 Å². The third-order valence-electron chi connectivity index (χ3n) is 3.71. The summed E-state index contributed by atoms with van der Waals surface area (Å²) in [7, 11) is 1.58. The zero-order valence-electron chi connectivity index (χ0n) is 12.7. The van der Waals surface area contributed by atoms with Crippen LogP contribution in [0.5, 0.6) is 5.75 Å². The van der Waals surface area contributed by atoms with Crippen molar-refractivity contribution in [3.05, 3.63) is 24.3 Å². The lowest BCUT2D eigenvalue weighted by Crippen LogP contribution is -2.51. The number of ether oxygens (including phenoxy) is 2. The molecule has 1 aliphatic carbocycles. The molecule has 0 bridgehead atoms. The summed E-state index contributed by atoms with van der Waals surface area (Å²) in [5, 5.41) is 5.51. The van der Waals surface area contributed by atoms with Crippen LogP contribution in [0.4, 0.5) is 23.7 Å². The van der Waals surface area contributed by atoms with E-state index in [0.717, 1.165) is 37.8 Å². The lowest BCUT2D eigenvalue weighted by atomic mass is 9.99. The standard InChI is InChI=1S/C15H19F3N2O3/c1-22-10-14(8-2-3-9-14)20-13(21)19-11-4-6-12(7-5-11)23-15(16,17)18/h4-7H,2-3,8-10H2,1H3,(H2,19,20,21). The van der Waals surface area contributed by atoms with Gasteiger partial charge in [-0.25, -0.2) is 4.79 Å². The Bertz CT molecular complexity index is 526. The number of nitrogens with one attached hydrogen (secondary N) is 2. The number of alkyl halides is 3. The Hall–Kier alpha value is -1.96. The van der Waals surface area contributed by atoms with Gasteiger partial charge in [0.1, 0.15) is 5.75 Å². The maximum Gasteiger partial charge on any atom is 0.573 e. The van der Waals surface area contributed by atoms with Crippen LogP contribution in [0, 0.1) is 0 Å². The van der Waals surface area contributed by atoms with Gasteiger partial charge in [-0.3, -0.25) is 0 Å². The highest BCUT2D eigenvalue weighted by atomic mass is 19.4. The Balaban J connectivity index is 1.92. The third-order valence-corrected chi connectivity index (χ3v) is 3.71. The largest absolute Gasteiger partial charge is 0.573 e. The molecule has 128 valence electrons. The van der Waals surface area contributed by atoms with Gasteiger partial charge < -0.3 is 20.1 Å². The molecule has 0 atom stereocenters. The minimum atomic E-state index is -4.73. The van der Waals surface area contributed by atoms with Gasteiger partial charge in [-0.2, -0.15) is 0 Å². The molecule has 0 radical (unpaired) electrons. The van der Waals surface area contributed by atoms with Crippen molar-refractivity contribution in [1.29, 1.82) is 0 Å². The minimum Gasteiger partial charge on any atom is -0.406 e. The lowest BCUT2D eigenvalue weighted by Gasteiger charge is -2.29. The van der Waals surface area contributed by atoms with Gasteiger partial charge >= 0.3 is 12.4 Å². The molecule has 23 heavy (non-hydrogen) atoms. The van der Waals surface area contributed by atoms with Crippen molar-refractivity contribution in [2.75, 3.05) is 19.0 Å². The summed E-state index contributed by atoms with van der Waals surface area (Å²) in [4.78, 5) is 12.1. The number of rotatable bonds is 5. The number of hydrogen-bond acceptors (Lipinski definition) is 3. The molecular formula is C15H19F3N2O3. The van der Waals surface area contributed by atoms with Crippen LogP contribution in [0.25, 0.3) is 0 Å². The number of benzene rings is 1. The number of anilines is 1. The average Bonchev–Trinajstić information content (AvgIpc) is 2.88. The first-order chi connectivity index (χ1) is 10.8. The summed E-state index contributed by atoms with van der Waals surface area (Å²) in [5.74, 6) is -0.338. The quantitative estimate of drug-likeness (QED) is 0.865. The van der Waals surface area contributed by atoms with Gasteiger partial charge in [-0.1, -0.05) is 12.8 Å². The highest BCUT2D eigenvalue weighted by Gasteiger charge is 2.35. The van der Waals surface area contributed by atoms with Gasteiger partial charge in [0, 0.05) is 12.8 Å². The van der Waals surface area contributed by atoms with Crippen LogP contribution in [-0.2, 0) is 4.74 Å². The number of methoxy groups -OCH3 is 1. The summed E-state index contributed by atoms with van der Waals surface area (Å²) in [6.07, 6.45) is -1.01. The number of carbonyl (C=O) groups excluding carboxylic acids is 1. The van der Waals surface area contributed by atoms with E-state index >= 15 is 0 Å². The Morgan fingerprint density at radius 1 is 1.22 bits per heavy atom. The van der Waals surface area contributed by atoms with E-state index in [2.05, 4.69) is 15.4 Å². The van der Waals surface area contributed by atoms with Gasteiger partial charge in [0.2, 0.25) is 0 Å². The van der Waals surface area contributed by atoms with Crippen LogP contribution in [-0.4, -0.2) is 31.6 Å². The highest BCUT2D eigenvalue weighted by Crippen LogP contribution is 2.30. The molecule has 0 saturated heterocycles. The predicted molar refractivity (Wildman–Crippen MR) is 78.4 cm³/mol. The van der Waals surface area contributed by atoms with E-state index in [1.807, 2.05) is 0 Å². The molecule has 1 aromatic carbocycles. The second-order valence-corrected chi connectivity index (χ2v) is 5.57. The van der Waals surface area contributed by atoms with E-state index in [1.54, 1.807) is 7.11 Å². The van der Waals surface area contributed by atoms with Gasteiger partial charge in [0.05, 0.1) is 12.1 Å². The highest BCUT2D eigenvalue weighted by molar-refractivity contribution is 5.89. The number of urea groups is 1. The summed E-state index contributed by atoms with van der Waals surface area (Å²) >= 11 is 0. The minimum absolute atomic E-state index is 0.338. The molecule has 1 aromatic rings. The molecular weight excluding hydrogens is 313 g/mol. The van der Waals surface area contributed by atoms with E-state index in [-0.39, 0.29) is 11.3 Å². The monoisotopic (exact) mass is 332 g/mol. The average molecular weight is 332 g/mol. The Morgan fingerprint density at radius 3 is 2.35 bits per heavy atom. The maximum absolute atomic E-state index is 12.1. The second-order valence-electron chi connectivity index (χ2n) is 5.57. The van der Waals surface area contributed by atoms with E-state index in [4.69, 9.17) is 4.74 Å². The number of carbonyl (C=O) groups is 1. The molecule has 2 N–H and O–H groups in total. The van der Waals surface area contributed by atoms with E-state index in [1.165, 1.54) is 12.1 Å². The summed E-state index contributed by atoms with van der Waals surface area (Å²) in [6.45, 7) is 0.429. The van der Waals surface area contributed by atoms with Gasteiger partial charge in [-0.05, 0) is 37.1 Å². The Morgan fingerprint density at radius 2 is 1.83 bits per heavy atom. The van der Waals surface area contributed by atoms with E-state index < -0.39 is 12.4 Å². The van der Waals surface area contributed by atoms with E-state index in [9.17, 15) is 18.0 Å². The Kier molecular flexibility index (Phi) is 5.35. The molecule has 0 unspecified atom stereocenters. The molecule has 2 rings (SSSR count). The molecule has 2 amide bonds. The topological polar surface area (TPSA) is 59.6 Å². The molecule has 1 saturated carbocycles. The fourth-order valence-corrected chi connectivity index (χ4v) is 2.78. The Labute approximate surface area is 132 Å². The van der Waals surface area contributed by atoms with Crippen molar-refractivity contribution in [3.8, 4) is 5.75 Å². The summed E-state index contributed by atoms with van der Waals surface area (Å²) < 4.78 is 45.2. The molecule has 0 heterocycles. The van der Waals surface area contributed by atoms with Crippen molar-refractivity contribution in [1.82, 2.24) is 5.32 Å². The third kappa shape index (κ3) is 5.31. The zero-order chi connectivity index (χ0) is 16.9. The molecule has 0 aromatic heterocycles. The van der Waals surface area contributed by atoms with Crippen molar-refractivity contribution in [2.24, 2.45) is 0 Å². The summed E-state index contributed by atoms with van der Waals surface area (Å²) in [5.41, 5.74) is 0.000581. The van der Waals surface area contributed by atoms with E-state index in [0.29, 0.717) is 12.3 Å². The smallest absolute Gasteiger partial charge is 0.406 e. The fourth-order valence-electron chi connectivity index (χ4n) is 2.78. The maximum atomic E-state index is 12.1. The van der Waals surface area contributed by atoms with Gasteiger partial charge in [0.25, 0.3) is 0 Å². The molecule has 0 spiro atoms. The van der Waals surface area contributed by atoms with Gasteiger partial charge in [0.15, 0.2) is 0 Å². The fraction of sp³-hybridized carbons (Fsp3) is 0.533. The molecule has 8 heteroatoms. The number of hydrogen-bond donors (Lipinski definition) is 2. The first-order valence-corrected chi connectivity index (χ1v) is 7.26. The van der Waals surface area contributed by atoms with Crippen LogP contribution in [0.2, 0.25) is 0 Å². The zero-order valence-corrected chi connectivity index (χ0v) is 12.7. The van der Waals surface area contributed by atoms with Crippen LogP contribution >= 0.6 is 0 Å². The van der Waals surface area contributed by atoms with Crippen molar-refractivity contribution >= 4 is 11.7 Å². The molecule has 0 aliphatic heterocycles. The first-order valence-electron chi connectivity index (χ1n) is 7.26. The first kappa shape index (κ1) is 17.4. The van der Waals surface area contributed by atoms with Crippen LogP contribution in [0.1, 0.15) is 25.7 Å². The SMILES string of the molecule is COCC1(NC(=O)Nc2ccc(OC(F)(F)F)cc2)CCCC1. The van der Waals surface area contributed by atoms with Crippen LogP contribution in [0.3, 0.4) is 0 Å². The number of amides is 2. The number of halogens is 3.